The summed E-state index contributed by atoms with van der Waals surface area (Å²) in [6.45, 7) is 9.15. The van der Waals surface area contributed by atoms with Crippen LogP contribution in [-0.4, -0.2) is 79.2 Å². The largest absolute Gasteiger partial charge is 0.444 e. The highest BCUT2D eigenvalue weighted by Gasteiger charge is 2.46. The number of nitrogens with zero attached hydrogens (tertiary/aromatic N) is 7. The molecule has 2 fully saturated rings. The van der Waals surface area contributed by atoms with Crippen molar-refractivity contribution in [2.75, 3.05) is 36.4 Å². The van der Waals surface area contributed by atoms with Crippen LogP contribution in [0.5, 0.6) is 0 Å². The first kappa shape index (κ1) is 33.9. The molecule has 0 radical (unpaired) electrons. The molecule has 2 amide bonds. The molecule has 11 nitrogen and oxygen atoms in total. The van der Waals surface area contributed by atoms with Gasteiger partial charge in [0.05, 0.1) is 28.6 Å². The Labute approximate surface area is 308 Å². The van der Waals surface area contributed by atoms with E-state index in [0.717, 1.165) is 37.2 Å². The van der Waals surface area contributed by atoms with Crippen molar-refractivity contribution in [2.24, 2.45) is 5.41 Å². The second-order valence-corrected chi connectivity index (χ2v) is 16.4. The van der Waals surface area contributed by atoms with Crippen molar-refractivity contribution in [3.05, 3.63) is 75.9 Å². The van der Waals surface area contributed by atoms with Crippen LogP contribution in [0.4, 0.5) is 20.0 Å². The summed E-state index contributed by atoms with van der Waals surface area (Å²) in [5.74, 6) is -0.411. The lowest BCUT2D eigenvalue weighted by Gasteiger charge is -2.55. The zero-order valence-electron chi connectivity index (χ0n) is 28.4. The number of hydrogen-bond acceptors (Lipinski definition) is 8. The maximum Gasteiger partial charge on any atom is 0.410 e. The van der Waals surface area contributed by atoms with Crippen LogP contribution < -0.4 is 10.2 Å². The van der Waals surface area contributed by atoms with Crippen LogP contribution >= 0.6 is 34.5 Å². The highest BCUT2D eigenvalue weighted by Crippen LogP contribution is 2.44. The van der Waals surface area contributed by atoms with Crippen LogP contribution in [0.1, 0.15) is 51.0 Å². The van der Waals surface area contributed by atoms with Crippen molar-refractivity contribution in [1.82, 2.24) is 29.2 Å². The van der Waals surface area contributed by atoms with Gasteiger partial charge in [-0.05, 0) is 57.4 Å². The van der Waals surface area contributed by atoms with Gasteiger partial charge in [0.2, 0.25) is 0 Å². The molecule has 0 saturated carbocycles. The zero-order valence-corrected chi connectivity index (χ0v) is 30.7. The number of thiazole rings is 1. The molecule has 2 unspecified atom stereocenters. The van der Waals surface area contributed by atoms with E-state index < -0.39 is 23.7 Å². The predicted octanol–water partition coefficient (Wildman–Crippen LogP) is 7.62. The van der Waals surface area contributed by atoms with Gasteiger partial charge in [0.1, 0.15) is 17.3 Å². The van der Waals surface area contributed by atoms with Crippen LogP contribution in [0, 0.1) is 5.41 Å². The molecule has 1 spiro atoms. The first-order valence-corrected chi connectivity index (χ1v) is 18.6. The predicted molar refractivity (Wildman–Crippen MR) is 197 cm³/mol. The minimum absolute atomic E-state index is 0.157. The molecule has 51 heavy (non-hydrogen) atoms. The summed E-state index contributed by atoms with van der Waals surface area (Å²) in [6, 6.07) is 9.03. The lowest BCUT2D eigenvalue weighted by Crippen LogP contribution is -2.61. The number of carbonyl (C=O) groups excluding carboxylic acids is 2. The minimum atomic E-state index is -1.05. The van der Waals surface area contributed by atoms with Crippen molar-refractivity contribution in [3.63, 3.8) is 0 Å². The van der Waals surface area contributed by atoms with E-state index in [2.05, 4.69) is 32.3 Å². The van der Waals surface area contributed by atoms with Gasteiger partial charge in [-0.15, -0.1) is 11.3 Å². The van der Waals surface area contributed by atoms with E-state index in [1.165, 1.54) is 16.0 Å². The molecule has 0 bridgehead atoms. The van der Waals surface area contributed by atoms with Gasteiger partial charge in [0, 0.05) is 78.1 Å². The number of imidazole rings is 1. The quantitative estimate of drug-likeness (QED) is 0.190. The molecule has 2 atom stereocenters. The highest BCUT2D eigenvalue weighted by atomic mass is 35.5. The summed E-state index contributed by atoms with van der Waals surface area (Å²) in [6.07, 6.45) is 5.63. The van der Waals surface area contributed by atoms with Crippen molar-refractivity contribution in [1.29, 1.82) is 0 Å². The van der Waals surface area contributed by atoms with Crippen LogP contribution in [-0.2, 0) is 22.5 Å². The van der Waals surface area contributed by atoms with E-state index in [9.17, 15) is 14.0 Å². The summed E-state index contributed by atoms with van der Waals surface area (Å²) in [4.78, 5) is 39.2. The Balaban J connectivity index is 1.01. The SMILES string of the molecule is CC(C)(C)OC(=O)N1CCC2(CC1)CN(c1ccc(-c3cc(Cl)c4cn(C(C(=O)Nc5nccs5)c5ncn6c5CC(F)C6)nc4c3Cl)cc1)C2. The van der Waals surface area contributed by atoms with Crippen molar-refractivity contribution in [2.45, 2.75) is 64.4 Å². The van der Waals surface area contributed by atoms with E-state index >= 15 is 0 Å². The third-order valence-corrected chi connectivity index (χ3v) is 11.4. The molecule has 3 aliphatic rings. The number of benzene rings is 2. The highest BCUT2D eigenvalue weighted by molar-refractivity contribution is 7.13. The smallest absolute Gasteiger partial charge is 0.410 e. The van der Waals surface area contributed by atoms with Crippen molar-refractivity contribution >= 4 is 68.3 Å². The Morgan fingerprint density at radius 1 is 1.12 bits per heavy atom. The number of ether oxygens (including phenoxy) is 1. The number of rotatable bonds is 6. The van der Waals surface area contributed by atoms with Crippen molar-refractivity contribution < 1.29 is 18.7 Å². The number of fused-ring (bicyclic) bond motifs is 2. The summed E-state index contributed by atoms with van der Waals surface area (Å²) < 4.78 is 23.2. The van der Waals surface area contributed by atoms with Gasteiger partial charge in [-0.1, -0.05) is 35.3 Å². The monoisotopic (exact) mass is 750 g/mol. The Morgan fingerprint density at radius 3 is 2.55 bits per heavy atom. The number of hydrogen-bond donors (Lipinski definition) is 1. The lowest BCUT2D eigenvalue weighted by atomic mass is 9.72. The fraction of sp³-hybridized carbons (Fsp3) is 0.417. The molecule has 6 heterocycles. The Morgan fingerprint density at radius 2 is 1.86 bits per heavy atom. The van der Waals surface area contributed by atoms with Crippen LogP contribution in [0.3, 0.4) is 0 Å². The van der Waals surface area contributed by atoms with Crippen LogP contribution in [0.2, 0.25) is 10.0 Å². The molecular formula is C36H37Cl2FN8O3S. The number of amides is 2. The number of nitrogens with one attached hydrogen (secondary N) is 1. The first-order valence-electron chi connectivity index (χ1n) is 16.9. The molecular weight excluding hydrogens is 714 g/mol. The van der Waals surface area contributed by atoms with Crippen molar-refractivity contribution in [3.8, 4) is 11.1 Å². The number of alkyl halides is 1. The zero-order chi connectivity index (χ0) is 35.7. The van der Waals surface area contributed by atoms with Crippen LogP contribution in [0.25, 0.3) is 22.0 Å². The number of carbonyl (C=O) groups is 2. The molecule has 266 valence electrons. The Hall–Kier alpha value is -4.20. The molecule has 5 aromatic rings. The standard InChI is InChI=1S/C36H37Cl2FN8O3S/c1-35(2,3)50-34(49)44-11-8-36(9-12-44)18-46(19-36)23-6-4-21(5-7-23)24-15-26(37)25-17-47(43-29(25)28(24)38)31(32(48)42-33-40-10-13-51-33)30-27-14-22(39)16-45(27)20-41-30/h4-7,10,13,15,17,20,22,31H,8-9,11-12,14,16,18-19H2,1-3H3,(H,40,42,48). The van der Waals surface area contributed by atoms with E-state index in [0.29, 0.717) is 56.1 Å². The number of anilines is 2. The Kier molecular flexibility index (Phi) is 8.50. The fourth-order valence-corrected chi connectivity index (χ4v) is 8.50. The molecule has 0 aliphatic carbocycles. The number of aromatic nitrogens is 5. The van der Waals surface area contributed by atoms with Gasteiger partial charge in [0.25, 0.3) is 5.91 Å². The molecule has 2 saturated heterocycles. The maximum absolute atomic E-state index is 14.4. The van der Waals surface area contributed by atoms with E-state index in [4.69, 9.17) is 33.0 Å². The second kappa shape index (κ2) is 12.8. The average molecular weight is 752 g/mol. The topological polar surface area (TPSA) is 110 Å². The summed E-state index contributed by atoms with van der Waals surface area (Å²) >= 11 is 15.2. The van der Waals surface area contributed by atoms with E-state index in [-0.39, 0.29) is 24.5 Å². The minimum Gasteiger partial charge on any atom is -0.444 e. The first-order chi connectivity index (χ1) is 24.4. The van der Waals surface area contributed by atoms with Gasteiger partial charge in [-0.2, -0.15) is 5.10 Å². The van der Waals surface area contributed by atoms with Gasteiger partial charge in [0.15, 0.2) is 11.2 Å². The summed E-state index contributed by atoms with van der Waals surface area (Å²) in [7, 11) is 0. The molecule has 1 N–H and O–H groups in total. The lowest BCUT2D eigenvalue weighted by molar-refractivity contribution is -0.118. The van der Waals surface area contributed by atoms with Gasteiger partial charge < -0.3 is 19.1 Å². The molecule has 15 heteroatoms. The van der Waals surface area contributed by atoms with Gasteiger partial charge >= 0.3 is 6.09 Å². The van der Waals surface area contributed by atoms with Gasteiger partial charge in [-0.25, -0.2) is 19.2 Å². The summed E-state index contributed by atoms with van der Waals surface area (Å²) in [5, 5.41) is 11.3. The summed E-state index contributed by atoms with van der Waals surface area (Å²) in [5.41, 5.74) is 3.92. The molecule has 8 rings (SSSR count). The maximum atomic E-state index is 14.4. The third-order valence-electron chi connectivity index (χ3n) is 10.00. The molecule has 3 aromatic heterocycles. The fourth-order valence-electron chi connectivity index (χ4n) is 7.42. The van der Waals surface area contributed by atoms with Crippen LogP contribution in [0.15, 0.2) is 54.4 Å². The number of likely N-dealkylation sites (tertiary alicyclic amines) is 1. The molecule has 2 aromatic carbocycles. The normalized spacial score (nSPS) is 18.9. The van der Waals surface area contributed by atoms with Gasteiger partial charge in [-0.3, -0.25) is 14.8 Å². The second-order valence-electron chi connectivity index (χ2n) is 14.7. The Bertz CT molecular complexity index is 2110. The van der Waals surface area contributed by atoms with E-state index in [1.54, 1.807) is 28.7 Å². The van der Waals surface area contributed by atoms with E-state index in [1.807, 2.05) is 43.9 Å². The molecule has 3 aliphatic heterocycles. The number of piperidine rings is 1. The third kappa shape index (κ3) is 6.44. The number of halogens is 3. The average Bonchev–Trinajstić information content (AvgIpc) is 3.88.